The van der Waals surface area contributed by atoms with Crippen LogP contribution in [0.3, 0.4) is 0 Å². The van der Waals surface area contributed by atoms with Crippen molar-refractivity contribution < 1.29 is 19.1 Å². The average Bonchev–Trinajstić information content (AvgIpc) is 2.79. The predicted octanol–water partition coefficient (Wildman–Crippen LogP) is 8.69. The number of hydrogen-bond acceptors (Lipinski definition) is 4. The molecule has 190 valence electrons. The third kappa shape index (κ3) is 22.1. The second kappa shape index (κ2) is 24.6. The summed E-state index contributed by atoms with van der Waals surface area (Å²) in [6, 6.07) is 0. The highest BCUT2D eigenvalue weighted by Gasteiger charge is 2.12. The smallest absolute Gasteiger partial charge is 0.306 e. The molecule has 0 N–H and O–H groups in total. The van der Waals surface area contributed by atoms with E-state index in [1.54, 1.807) is 0 Å². The molecule has 0 spiro atoms. The maximum Gasteiger partial charge on any atom is 0.306 e. The van der Waals surface area contributed by atoms with Crippen molar-refractivity contribution in [2.24, 2.45) is 0 Å². The van der Waals surface area contributed by atoms with Crippen molar-refractivity contribution in [3.05, 3.63) is 0 Å². The Bertz CT molecular complexity index is 422. The van der Waals surface area contributed by atoms with Gasteiger partial charge in [0.05, 0.1) is 6.61 Å². The fraction of sp³-hybridized carbons (Fsp3) is 0.929. The summed E-state index contributed by atoms with van der Waals surface area (Å²) in [7, 11) is 0. The van der Waals surface area contributed by atoms with E-state index >= 15 is 0 Å². The second-order valence-corrected chi connectivity index (χ2v) is 9.33. The summed E-state index contributed by atoms with van der Waals surface area (Å²) in [6.07, 6.45) is 23.4. The van der Waals surface area contributed by atoms with Crippen LogP contribution in [0.25, 0.3) is 0 Å². The number of carbonyl (C=O) groups excluding carboxylic acids is 2. The van der Waals surface area contributed by atoms with Gasteiger partial charge < -0.3 is 9.47 Å². The van der Waals surface area contributed by atoms with Gasteiger partial charge in [0, 0.05) is 12.8 Å². The third-order valence-electron chi connectivity index (χ3n) is 6.16. The molecule has 0 fully saturated rings. The van der Waals surface area contributed by atoms with Crippen molar-refractivity contribution in [3.63, 3.8) is 0 Å². The molecular formula is C28H54O4. The summed E-state index contributed by atoms with van der Waals surface area (Å²) in [5.74, 6) is -0.264. The minimum atomic E-state index is -0.133. The number of carbonyl (C=O) groups is 2. The lowest BCUT2D eigenvalue weighted by molar-refractivity contribution is -0.150. The molecule has 0 aliphatic carbocycles. The average molecular weight is 455 g/mol. The highest BCUT2D eigenvalue weighted by atomic mass is 16.5. The van der Waals surface area contributed by atoms with Gasteiger partial charge in [0.15, 0.2) is 0 Å². The van der Waals surface area contributed by atoms with Gasteiger partial charge in [-0.2, -0.15) is 0 Å². The first-order chi connectivity index (χ1) is 15.6. The molecular weight excluding hydrogens is 400 g/mol. The van der Waals surface area contributed by atoms with Gasteiger partial charge >= 0.3 is 11.9 Å². The quantitative estimate of drug-likeness (QED) is 0.108. The van der Waals surface area contributed by atoms with Crippen LogP contribution in [-0.2, 0) is 19.1 Å². The number of unbranched alkanes of at least 4 members (excludes halogenated alkanes) is 14. The van der Waals surface area contributed by atoms with Crippen LogP contribution in [0, 0.1) is 0 Å². The minimum Gasteiger partial charge on any atom is -0.466 e. The van der Waals surface area contributed by atoms with E-state index in [4.69, 9.17) is 9.47 Å². The number of esters is 2. The van der Waals surface area contributed by atoms with Crippen molar-refractivity contribution in [1.29, 1.82) is 0 Å². The standard InChI is InChI=1S/C28H54O4/c1-4-7-9-10-11-12-13-14-15-16-17-18-21-25-31-27(29)23-19-20-24-28(30)32-26(6-3)22-8-5-2/h26H,4-25H2,1-3H3. The van der Waals surface area contributed by atoms with Crippen LogP contribution in [0.5, 0.6) is 0 Å². The van der Waals surface area contributed by atoms with Crippen molar-refractivity contribution in [1.82, 2.24) is 0 Å². The van der Waals surface area contributed by atoms with E-state index in [-0.39, 0.29) is 18.0 Å². The van der Waals surface area contributed by atoms with E-state index in [2.05, 4.69) is 20.8 Å². The summed E-state index contributed by atoms with van der Waals surface area (Å²) in [6.45, 7) is 7.01. The van der Waals surface area contributed by atoms with Crippen LogP contribution in [-0.4, -0.2) is 24.6 Å². The van der Waals surface area contributed by atoms with Crippen LogP contribution >= 0.6 is 0 Å². The van der Waals surface area contributed by atoms with E-state index in [1.165, 1.54) is 70.6 Å². The van der Waals surface area contributed by atoms with E-state index in [9.17, 15) is 9.59 Å². The Morgan fingerprint density at radius 1 is 0.562 bits per heavy atom. The molecule has 0 radical (unpaired) electrons. The normalized spacial score (nSPS) is 12.0. The maximum absolute atomic E-state index is 11.9. The van der Waals surface area contributed by atoms with Gasteiger partial charge in [-0.3, -0.25) is 9.59 Å². The molecule has 0 rings (SSSR count). The number of hydrogen-bond donors (Lipinski definition) is 0. The van der Waals surface area contributed by atoms with Crippen molar-refractivity contribution in [3.8, 4) is 0 Å². The molecule has 1 unspecified atom stereocenters. The molecule has 0 aliphatic heterocycles. The lowest BCUT2D eigenvalue weighted by Crippen LogP contribution is -2.17. The minimum absolute atomic E-state index is 0.0488. The molecule has 0 aromatic carbocycles. The summed E-state index contributed by atoms with van der Waals surface area (Å²) in [5, 5.41) is 0. The fourth-order valence-corrected chi connectivity index (χ4v) is 3.94. The molecule has 0 amide bonds. The molecule has 32 heavy (non-hydrogen) atoms. The van der Waals surface area contributed by atoms with Crippen LogP contribution in [0.4, 0.5) is 0 Å². The topological polar surface area (TPSA) is 52.6 Å². The van der Waals surface area contributed by atoms with Crippen molar-refractivity contribution in [2.45, 2.75) is 162 Å². The van der Waals surface area contributed by atoms with E-state index < -0.39 is 0 Å². The van der Waals surface area contributed by atoms with Gasteiger partial charge in [0.2, 0.25) is 0 Å². The van der Waals surface area contributed by atoms with Crippen molar-refractivity contribution in [2.75, 3.05) is 6.61 Å². The molecule has 4 heteroatoms. The van der Waals surface area contributed by atoms with Crippen molar-refractivity contribution >= 4 is 11.9 Å². The van der Waals surface area contributed by atoms with Crippen LogP contribution in [0.2, 0.25) is 0 Å². The molecule has 0 heterocycles. The maximum atomic E-state index is 11.9. The van der Waals surface area contributed by atoms with E-state index in [0.29, 0.717) is 32.3 Å². The summed E-state index contributed by atoms with van der Waals surface area (Å²) in [5.41, 5.74) is 0. The molecule has 0 aromatic heterocycles. The Morgan fingerprint density at radius 2 is 1.03 bits per heavy atom. The molecule has 0 bridgehead atoms. The molecule has 0 saturated carbocycles. The van der Waals surface area contributed by atoms with Crippen LogP contribution in [0.15, 0.2) is 0 Å². The molecule has 1 atom stereocenters. The second-order valence-electron chi connectivity index (χ2n) is 9.33. The predicted molar refractivity (Wildman–Crippen MR) is 135 cm³/mol. The first-order valence-corrected chi connectivity index (χ1v) is 14.0. The zero-order chi connectivity index (χ0) is 23.7. The van der Waals surface area contributed by atoms with Crippen LogP contribution in [0.1, 0.15) is 156 Å². The Morgan fingerprint density at radius 3 is 1.53 bits per heavy atom. The van der Waals surface area contributed by atoms with Gasteiger partial charge in [-0.1, -0.05) is 111 Å². The SMILES string of the molecule is CCCCCCCCCCCCCCCOC(=O)CCCCC(=O)OC(CC)CCCC. The third-order valence-corrected chi connectivity index (χ3v) is 6.16. The van der Waals surface area contributed by atoms with E-state index in [1.807, 2.05) is 0 Å². The Kier molecular flexibility index (Phi) is 23.8. The summed E-state index contributed by atoms with van der Waals surface area (Å²) in [4.78, 5) is 23.7. The van der Waals surface area contributed by atoms with E-state index in [0.717, 1.165) is 38.5 Å². The number of ether oxygens (including phenoxy) is 2. The summed E-state index contributed by atoms with van der Waals surface area (Å²) < 4.78 is 10.8. The Labute approximate surface area is 199 Å². The largest absolute Gasteiger partial charge is 0.466 e. The first kappa shape index (κ1) is 30.9. The summed E-state index contributed by atoms with van der Waals surface area (Å²) >= 11 is 0. The van der Waals surface area contributed by atoms with Gasteiger partial charge in [-0.25, -0.2) is 0 Å². The Hall–Kier alpha value is -1.06. The first-order valence-electron chi connectivity index (χ1n) is 14.0. The monoisotopic (exact) mass is 454 g/mol. The molecule has 0 saturated heterocycles. The molecule has 0 aromatic rings. The molecule has 4 nitrogen and oxygen atoms in total. The zero-order valence-electron chi connectivity index (χ0n) is 21.8. The van der Waals surface area contributed by atoms with Gasteiger partial charge in [0.25, 0.3) is 0 Å². The number of rotatable bonds is 24. The van der Waals surface area contributed by atoms with Gasteiger partial charge in [-0.05, 0) is 32.1 Å². The highest BCUT2D eigenvalue weighted by Crippen LogP contribution is 2.13. The van der Waals surface area contributed by atoms with Gasteiger partial charge in [-0.15, -0.1) is 0 Å². The van der Waals surface area contributed by atoms with Gasteiger partial charge in [0.1, 0.15) is 6.10 Å². The Balaban J connectivity index is 3.39. The highest BCUT2D eigenvalue weighted by molar-refractivity contribution is 5.70. The fourth-order valence-electron chi connectivity index (χ4n) is 3.94. The lowest BCUT2D eigenvalue weighted by atomic mass is 10.0. The zero-order valence-corrected chi connectivity index (χ0v) is 21.8. The molecule has 0 aliphatic rings. The lowest BCUT2D eigenvalue weighted by Gasteiger charge is -2.15. The van der Waals surface area contributed by atoms with Crippen LogP contribution < -0.4 is 0 Å².